The van der Waals surface area contributed by atoms with Crippen LogP contribution in [-0.2, 0) is 9.59 Å². The lowest BCUT2D eigenvalue weighted by Gasteiger charge is -2.71. The van der Waals surface area contributed by atoms with E-state index < -0.39 is 5.41 Å². The molecule has 4 nitrogen and oxygen atoms in total. The molecule has 5 rings (SSSR count). The van der Waals surface area contributed by atoms with Crippen molar-refractivity contribution in [3.63, 3.8) is 0 Å². The van der Waals surface area contributed by atoms with E-state index in [0.717, 1.165) is 44.9 Å². The first kappa shape index (κ1) is 24.7. The highest BCUT2D eigenvalue weighted by atomic mass is 16.1. The van der Waals surface area contributed by atoms with Gasteiger partial charge >= 0.3 is 0 Å². The van der Waals surface area contributed by atoms with Crippen LogP contribution < -0.4 is 0 Å². The number of ketones is 2. The highest BCUT2D eigenvalue weighted by Gasteiger charge is 2.72. The Kier molecular flexibility index (Phi) is 5.01. The number of nitrogens with zero attached hydrogens (tertiary/aromatic N) is 2. The molecule has 0 amide bonds. The van der Waals surface area contributed by atoms with E-state index in [1.54, 1.807) is 0 Å². The lowest BCUT2D eigenvalue weighted by Crippen LogP contribution is -2.68. The van der Waals surface area contributed by atoms with Gasteiger partial charge in [0.1, 0.15) is 11.9 Å². The smallest absolute Gasteiger partial charge is 0.178 e. The molecule has 4 fully saturated rings. The van der Waals surface area contributed by atoms with E-state index in [9.17, 15) is 20.1 Å². The van der Waals surface area contributed by atoms with Gasteiger partial charge in [-0.15, -0.1) is 0 Å². The van der Waals surface area contributed by atoms with Gasteiger partial charge in [0.05, 0.1) is 17.1 Å². The number of Topliss-reactive ketones (excluding diaryl/α,β-unsaturated/α-hetero) is 2. The first-order valence-corrected chi connectivity index (χ1v) is 13.7. The molecule has 0 heterocycles. The third-order valence-corrected chi connectivity index (χ3v) is 12.7. The number of carbonyl (C=O) groups is 2. The molecule has 0 unspecified atom stereocenters. The third-order valence-electron chi connectivity index (χ3n) is 12.7. The van der Waals surface area contributed by atoms with Crippen LogP contribution >= 0.6 is 0 Å². The average molecular weight is 475 g/mol. The van der Waals surface area contributed by atoms with Crippen molar-refractivity contribution in [2.45, 2.75) is 99.8 Å². The largest absolute Gasteiger partial charge is 0.299 e. The highest BCUT2D eigenvalue weighted by Crippen LogP contribution is 2.75. The van der Waals surface area contributed by atoms with Gasteiger partial charge in [0.25, 0.3) is 0 Å². The maximum Gasteiger partial charge on any atom is 0.178 e. The van der Waals surface area contributed by atoms with Crippen LogP contribution in [0.4, 0.5) is 0 Å². The van der Waals surface area contributed by atoms with E-state index in [1.165, 1.54) is 0 Å². The molecule has 0 aromatic heterocycles. The molecule has 35 heavy (non-hydrogen) atoms. The second-order valence-corrected chi connectivity index (χ2v) is 15.0. The summed E-state index contributed by atoms with van der Waals surface area (Å²) >= 11 is 0. The molecule has 0 aliphatic heterocycles. The second kappa shape index (κ2) is 7.09. The van der Waals surface area contributed by atoms with Crippen molar-refractivity contribution in [3.8, 4) is 12.1 Å². The normalized spacial score (nSPS) is 49.8. The van der Waals surface area contributed by atoms with Crippen LogP contribution in [0.2, 0.25) is 0 Å². The van der Waals surface area contributed by atoms with Crippen molar-refractivity contribution in [3.05, 3.63) is 11.6 Å². The quantitative estimate of drug-likeness (QED) is 0.386. The second-order valence-electron chi connectivity index (χ2n) is 15.0. The Hall–Kier alpha value is -1.94. The summed E-state index contributed by atoms with van der Waals surface area (Å²) in [5, 5.41) is 20.3. The summed E-state index contributed by atoms with van der Waals surface area (Å²) in [6.07, 6.45) is 9.12. The standard InChI is InChI=1S/C31H42N2O2/c1-26(2)10-12-31(18-33)13-11-30(7)24(20(31)16-26)21(34)14-23-28(5)15-19(17-32)25(35)27(3,4)22(28)8-9-29(23,30)6/h15,20,22-24H,8-14,16H2,1-7H3/t20-,22+,23-,24+,28+,29-,30-,31-/m1/s1. The molecule has 188 valence electrons. The highest BCUT2D eigenvalue weighted by molar-refractivity contribution is 6.04. The van der Waals surface area contributed by atoms with Crippen molar-refractivity contribution in [2.24, 2.45) is 56.2 Å². The number of hydrogen-bond donors (Lipinski definition) is 0. The van der Waals surface area contributed by atoms with Crippen molar-refractivity contribution in [2.75, 3.05) is 0 Å². The van der Waals surface area contributed by atoms with Crippen molar-refractivity contribution < 1.29 is 9.59 Å². The lowest BCUT2D eigenvalue weighted by atomic mass is 9.31. The van der Waals surface area contributed by atoms with Crippen molar-refractivity contribution in [1.82, 2.24) is 0 Å². The van der Waals surface area contributed by atoms with Crippen LogP contribution in [-0.4, -0.2) is 11.6 Å². The molecule has 4 saturated carbocycles. The number of rotatable bonds is 0. The van der Waals surface area contributed by atoms with E-state index in [4.69, 9.17) is 0 Å². The van der Waals surface area contributed by atoms with E-state index in [1.807, 2.05) is 19.9 Å². The summed E-state index contributed by atoms with van der Waals surface area (Å²) in [4.78, 5) is 27.5. The zero-order chi connectivity index (χ0) is 25.8. The number of nitriles is 2. The van der Waals surface area contributed by atoms with Gasteiger partial charge in [-0.3, -0.25) is 9.59 Å². The fourth-order valence-electron chi connectivity index (χ4n) is 10.5. The van der Waals surface area contributed by atoms with Gasteiger partial charge < -0.3 is 0 Å². The topological polar surface area (TPSA) is 81.7 Å². The first-order valence-electron chi connectivity index (χ1n) is 13.7. The van der Waals surface area contributed by atoms with Crippen LogP contribution in [0.3, 0.4) is 0 Å². The first-order chi connectivity index (χ1) is 16.1. The maximum atomic E-state index is 14.3. The molecule has 0 radical (unpaired) electrons. The molecule has 0 aromatic rings. The Balaban J connectivity index is 1.64. The van der Waals surface area contributed by atoms with Gasteiger partial charge in [0.15, 0.2) is 5.78 Å². The monoisotopic (exact) mass is 474 g/mol. The van der Waals surface area contributed by atoms with E-state index in [-0.39, 0.29) is 62.1 Å². The summed E-state index contributed by atoms with van der Waals surface area (Å²) in [7, 11) is 0. The number of allylic oxidation sites excluding steroid dienone is 2. The molecule has 0 bridgehead atoms. The Morgan fingerprint density at radius 1 is 0.857 bits per heavy atom. The van der Waals surface area contributed by atoms with Crippen molar-refractivity contribution >= 4 is 11.6 Å². The number of fused-ring (bicyclic) bond motifs is 7. The van der Waals surface area contributed by atoms with E-state index >= 15 is 0 Å². The Morgan fingerprint density at radius 2 is 1.51 bits per heavy atom. The molecule has 4 heteroatoms. The third kappa shape index (κ3) is 2.89. The summed E-state index contributed by atoms with van der Waals surface area (Å²) in [5.41, 5.74) is -1.16. The number of hydrogen-bond acceptors (Lipinski definition) is 4. The summed E-state index contributed by atoms with van der Waals surface area (Å²) < 4.78 is 0. The molecule has 0 aromatic carbocycles. The molecule has 5 aliphatic rings. The minimum absolute atomic E-state index is 0.0433. The maximum absolute atomic E-state index is 14.3. The Bertz CT molecular complexity index is 1120. The van der Waals surface area contributed by atoms with Gasteiger partial charge in [-0.25, -0.2) is 0 Å². The summed E-state index contributed by atoms with van der Waals surface area (Å²) in [6, 6.07) is 4.96. The molecule has 5 aliphatic carbocycles. The summed E-state index contributed by atoms with van der Waals surface area (Å²) in [6.45, 7) is 15.6. The zero-order valence-electron chi connectivity index (χ0n) is 22.8. The molecular formula is C31H42N2O2. The minimum Gasteiger partial charge on any atom is -0.299 e. The number of carbonyl (C=O) groups excluding carboxylic acids is 2. The zero-order valence-corrected chi connectivity index (χ0v) is 22.8. The summed E-state index contributed by atoms with van der Waals surface area (Å²) in [5.74, 6) is 0.569. The van der Waals surface area contributed by atoms with E-state index in [0.29, 0.717) is 12.2 Å². The van der Waals surface area contributed by atoms with E-state index in [2.05, 4.69) is 46.8 Å². The van der Waals surface area contributed by atoms with Gasteiger partial charge in [-0.1, -0.05) is 54.5 Å². The van der Waals surface area contributed by atoms with Crippen LogP contribution in [0.15, 0.2) is 11.6 Å². The molecule has 0 spiro atoms. The van der Waals surface area contributed by atoms with Gasteiger partial charge in [0.2, 0.25) is 0 Å². The lowest BCUT2D eigenvalue weighted by molar-refractivity contribution is -0.216. The van der Waals surface area contributed by atoms with Crippen LogP contribution in [0, 0.1) is 78.8 Å². The van der Waals surface area contributed by atoms with Gasteiger partial charge in [0, 0.05) is 17.8 Å². The van der Waals surface area contributed by atoms with Crippen molar-refractivity contribution in [1.29, 1.82) is 10.5 Å². The Labute approximate surface area is 211 Å². The predicted molar refractivity (Wildman–Crippen MR) is 135 cm³/mol. The van der Waals surface area contributed by atoms with Gasteiger partial charge in [-0.05, 0) is 84.4 Å². The molecule has 0 N–H and O–H groups in total. The Morgan fingerprint density at radius 3 is 2.14 bits per heavy atom. The minimum atomic E-state index is -0.605. The van der Waals surface area contributed by atoms with Crippen LogP contribution in [0.1, 0.15) is 99.8 Å². The molecule has 0 saturated heterocycles. The fraction of sp³-hybridized carbons (Fsp3) is 0.806. The fourth-order valence-corrected chi connectivity index (χ4v) is 10.5. The predicted octanol–water partition coefficient (Wildman–Crippen LogP) is 6.81. The molecular weight excluding hydrogens is 432 g/mol. The molecule has 8 atom stereocenters. The SMILES string of the molecule is CC1(C)CC[C@]2(C#N)CC[C@]3(C)[C@H](C(=O)C[C@@H]4[C@@]5(C)C=C(C#N)C(=O)C(C)(C)[C@@H]5CC[C@]43C)[C@H]2C1. The average Bonchev–Trinajstić information content (AvgIpc) is 2.77. The van der Waals surface area contributed by atoms with Gasteiger partial charge in [-0.2, -0.15) is 10.5 Å². The van der Waals surface area contributed by atoms with Crippen LogP contribution in [0.5, 0.6) is 0 Å². The van der Waals surface area contributed by atoms with Crippen LogP contribution in [0.25, 0.3) is 0 Å².